The van der Waals surface area contributed by atoms with Gasteiger partial charge in [-0.05, 0) is 38.0 Å². The van der Waals surface area contributed by atoms with E-state index in [2.05, 4.69) is 20.9 Å². The Bertz CT molecular complexity index is 574. The number of ether oxygens (including phenoxy) is 1. The third-order valence-corrected chi connectivity index (χ3v) is 4.06. The molecular formula is C17H27Cl2IN4O2. The maximum absolute atomic E-state index is 12.0. The van der Waals surface area contributed by atoms with Crippen molar-refractivity contribution in [3.8, 4) is 0 Å². The van der Waals surface area contributed by atoms with E-state index in [1.165, 1.54) is 0 Å². The van der Waals surface area contributed by atoms with Crippen LogP contribution >= 0.6 is 47.2 Å². The summed E-state index contributed by atoms with van der Waals surface area (Å²) in [5, 5.41) is 9.97. The van der Waals surface area contributed by atoms with Gasteiger partial charge in [-0.2, -0.15) is 0 Å². The Morgan fingerprint density at radius 2 is 1.77 bits per heavy atom. The number of nitrogens with zero attached hydrogens (tertiary/aromatic N) is 1. The van der Waals surface area contributed by atoms with Crippen molar-refractivity contribution < 1.29 is 9.53 Å². The van der Waals surface area contributed by atoms with Crippen LogP contribution in [-0.2, 0) is 4.74 Å². The van der Waals surface area contributed by atoms with Crippen molar-refractivity contribution in [1.82, 2.24) is 16.0 Å². The molecule has 6 nitrogen and oxygen atoms in total. The van der Waals surface area contributed by atoms with E-state index >= 15 is 0 Å². The number of carbonyl (C=O) groups is 1. The molecule has 1 aromatic rings. The number of carbonyl (C=O) groups excluding carboxylic acids is 1. The van der Waals surface area contributed by atoms with Crippen molar-refractivity contribution in [3.05, 3.63) is 33.8 Å². The topological polar surface area (TPSA) is 74.8 Å². The highest BCUT2D eigenvalue weighted by Crippen LogP contribution is 2.22. The third-order valence-electron chi connectivity index (χ3n) is 3.32. The lowest BCUT2D eigenvalue weighted by atomic mass is 10.2. The highest BCUT2D eigenvalue weighted by atomic mass is 127. The molecule has 9 heteroatoms. The minimum atomic E-state index is -0.195. The third kappa shape index (κ3) is 10.4. The van der Waals surface area contributed by atoms with Gasteiger partial charge in [0.15, 0.2) is 5.96 Å². The van der Waals surface area contributed by atoms with Crippen molar-refractivity contribution in [1.29, 1.82) is 0 Å². The standard InChI is InChI=1S/C17H26Cl2N4O2.HI/c1-3-25-11-5-4-8-22-17(20-2)23-10-9-21-16(24)13-6-7-14(18)15(19)12-13;/h6-7,12H,3-5,8-11H2,1-2H3,(H,21,24)(H2,20,22,23);1H. The molecule has 0 aliphatic carbocycles. The Labute approximate surface area is 182 Å². The molecule has 0 bridgehead atoms. The number of aliphatic imine (C=N–C) groups is 1. The first kappa shape index (κ1) is 25.2. The van der Waals surface area contributed by atoms with Crippen LogP contribution in [0.1, 0.15) is 30.1 Å². The second-order valence-electron chi connectivity index (χ2n) is 5.21. The molecule has 1 rings (SSSR count). The molecule has 0 saturated heterocycles. The summed E-state index contributed by atoms with van der Waals surface area (Å²) < 4.78 is 5.29. The quantitative estimate of drug-likeness (QED) is 0.193. The van der Waals surface area contributed by atoms with Crippen LogP contribution in [-0.4, -0.2) is 51.8 Å². The molecule has 1 amide bonds. The van der Waals surface area contributed by atoms with Gasteiger partial charge < -0.3 is 20.7 Å². The molecule has 0 unspecified atom stereocenters. The zero-order chi connectivity index (χ0) is 18.5. The second-order valence-corrected chi connectivity index (χ2v) is 6.03. The predicted molar refractivity (Wildman–Crippen MR) is 119 cm³/mol. The van der Waals surface area contributed by atoms with E-state index in [1.54, 1.807) is 25.2 Å². The Balaban J connectivity index is 0.00000625. The number of benzene rings is 1. The van der Waals surface area contributed by atoms with Gasteiger partial charge in [-0.3, -0.25) is 9.79 Å². The van der Waals surface area contributed by atoms with Crippen LogP contribution in [0.4, 0.5) is 0 Å². The van der Waals surface area contributed by atoms with Gasteiger partial charge in [-0.1, -0.05) is 23.2 Å². The highest BCUT2D eigenvalue weighted by molar-refractivity contribution is 14.0. The molecule has 0 fully saturated rings. The average molecular weight is 517 g/mol. The van der Waals surface area contributed by atoms with E-state index in [1.807, 2.05) is 6.92 Å². The fraction of sp³-hybridized carbons (Fsp3) is 0.529. The SMILES string of the molecule is CCOCCCCNC(=NC)NCCNC(=O)c1ccc(Cl)c(Cl)c1.I. The van der Waals surface area contributed by atoms with Crippen LogP contribution in [0.15, 0.2) is 23.2 Å². The largest absolute Gasteiger partial charge is 0.382 e. The van der Waals surface area contributed by atoms with Crippen molar-refractivity contribution in [2.24, 2.45) is 4.99 Å². The molecule has 3 N–H and O–H groups in total. The zero-order valence-electron chi connectivity index (χ0n) is 15.1. The van der Waals surface area contributed by atoms with Crippen LogP contribution in [0.3, 0.4) is 0 Å². The number of rotatable bonds is 10. The van der Waals surface area contributed by atoms with Gasteiger partial charge in [0.1, 0.15) is 0 Å². The van der Waals surface area contributed by atoms with Gasteiger partial charge in [-0.15, -0.1) is 24.0 Å². The van der Waals surface area contributed by atoms with E-state index in [9.17, 15) is 4.79 Å². The second kappa shape index (κ2) is 15.3. The summed E-state index contributed by atoms with van der Waals surface area (Å²) in [5.41, 5.74) is 0.478. The molecule has 0 spiro atoms. The first-order valence-corrected chi connectivity index (χ1v) is 9.09. The van der Waals surface area contributed by atoms with E-state index in [-0.39, 0.29) is 29.9 Å². The summed E-state index contributed by atoms with van der Waals surface area (Å²) in [7, 11) is 1.71. The van der Waals surface area contributed by atoms with Crippen LogP contribution < -0.4 is 16.0 Å². The number of halogens is 3. The Morgan fingerprint density at radius 1 is 1.08 bits per heavy atom. The Hall–Kier alpha value is -0.770. The lowest BCUT2D eigenvalue weighted by Crippen LogP contribution is -2.41. The van der Waals surface area contributed by atoms with Gasteiger partial charge in [0.05, 0.1) is 10.0 Å². The first-order chi connectivity index (χ1) is 12.1. The van der Waals surface area contributed by atoms with Crippen molar-refractivity contribution in [3.63, 3.8) is 0 Å². The van der Waals surface area contributed by atoms with Gasteiger partial charge in [0.2, 0.25) is 0 Å². The summed E-state index contributed by atoms with van der Waals surface area (Å²) >= 11 is 11.8. The molecule has 26 heavy (non-hydrogen) atoms. The van der Waals surface area contributed by atoms with Gasteiger partial charge in [0.25, 0.3) is 5.91 Å². The summed E-state index contributed by atoms with van der Waals surface area (Å²) in [6.07, 6.45) is 2.02. The van der Waals surface area contributed by atoms with Crippen molar-refractivity contribution >= 4 is 59.0 Å². The van der Waals surface area contributed by atoms with Crippen molar-refractivity contribution in [2.75, 3.05) is 39.9 Å². The molecule has 0 radical (unpaired) electrons. The predicted octanol–water partition coefficient (Wildman–Crippen LogP) is 3.32. The highest BCUT2D eigenvalue weighted by Gasteiger charge is 2.07. The summed E-state index contributed by atoms with van der Waals surface area (Å²) in [6, 6.07) is 4.80. The maximum Gasteiger partial charge on any atom is 0.251 e. The molecule has 0 atom stereocenters. The lowest BCUT2D eigenvalue weighted by Gasteiger charge is -2.12. The minimum absolute atomic E-state index is 0. The fourth-order valence-electron chi connectivity index (χ4n) is 2.00. The zero-order valence-corrected chi connectivity index (χ0v) is 19.0. The summed E-state index contributed by atoms with van der Waals surface area (Å²) in [6.45, 7) is 5.37. The van der Waals surface area contributed by atoms with E-state index in [4.69, 9.17) is 27.9 Å². The summed E-state index contributed by atoms with van der Waals surface area (Å²) in [5.74, 6) is 0.513. The molecule has 0 aromatic heterocycles. The molecule has 0 heterocycles. The first-order valence-electron chi connectivity index (χ1n) is 8.34. The van der Waals surface area contributed by atoms with E-state index < -0.39 is 0 Å². The Kier molecular flexibility index (Phi) is 14.9. The van der Waals surface area contributed by atoms with Gasteiger partial charge in [-0.25, -0.2) is 0 Å². The fourth-order valence-corrected chi connectivity index (χ4v) is 2.30. The van der Waals surface area contributed by atoms with E-state index in [0.29, 0.717) is 34.7 Å². The normalized spacial score (nSPS) is 10.8. The van der Waals surface area contributed by atoms with E-state index in [0.717, 1.165) is 32.6 Å². The molecule has 0 saturated carbocycles. The number of amides is 1. The van der Waals surface area contributed by atoms with Crippen LogP contribution in [0.25, 0.3) is 0 Å². The molecule has 0 aliphatic heterocycles. The molecule has 1 aromatic carbocycles. The number of hydrogen-bond acceptors (Lipinski definition) is 3. The molecule has 148 valence electrons. The van der Waals surface area contributed by atoms with Gasteiger partial charge in [0, 0.05) is 45.5 Å². The van der Waals surface area contributed by atoms with Crippen LogP contribution in [0.2, 0.25) is 10.0 Å². The lowest BCUT2D eigenvalue weighted by molar-refractivity contribution is 0.0954. The molecule has 0 aliphatic rings. The maximum atomic E-state index is 12.0. The number of unbranched alkanes of at least 4 members (excludes halogenated alkanes) is 1. The van der Waals surface area contributed by atoms with Crippen molar-refractivity contribution in [2.45, 2.75) is 19.8 Å². The number of guanidine groups is 1. The summed E-state index contributed by atoms with van der Waals surface area (Å²) in [4.78, 5) is 16.2. The number of hydrogen-bond donors (Lipinski definition) is 3. The minimum Gasteiger partial charge on any atom is -0.382 e. The number of nitrogens with one attached hydrogen (secondary N) is 3. The molecular weight excluding hydrogens is 490 g/mol. The van der Waals surface area contributed by atoms with Crippen LogP contribution in [0, 0.1) is 0 Å². The smallest absolute Gasteiger partial charge is 0.251 e. The van der Waals surface area contributed by atoms with Crippen LogP contribution in [0.5, 0.6) is 0 Å². The van der Waals surface area contributed by atoms with Gasteiger partial charge >= 0.3 is 0 Å². The average Bonchev–Trinajstić information content (AvgIpc) is 2.61. The Morgan fingerprint density at radius 3 is 2.42 bits per heavy atom. The monoisotopic (exact) mass is 516 g/mol.